The van der Waals surface area contributed by atoms with E-state index in [1.165, 1.54) is 0 Å². The molecule has 0 radical (unpaired) electrons. The largest absolute Gasteiger partial charge is 0.394 e. The molecular formula is C11H20N4O2. The summed E-state index contributed by atoms with van der Waals surface area (Å²) in [6.45, 7) is 5.06. The number of aliphatic hydroxyl groups excluding tert-OH is 1. The van der Waals surface area contributed by atoms with E-state index in [0.29, 0.717) is 18.2 Å². The Bertz CT molecular complexity index is 346. The number of rotatable bonds is 7. The maximum atomic E-state index is 9.16. The summed E-state index contributed by atoms with van der Waals surface area (Å²) in [7, 11) is 1.60. The first kappa shape index (κ1) is 13.7. The molecule has 0 fully saturated rings. The molecule has 0 saturated heterocycles. The van der Waals surface area contributed by atoms with Crippen molar-refractivity contribution in [2.24, 2.45) is 0 Å². The van der Waals surface area contributed by atoms with Gasteiger partial charge in [-0.25, -0.2) is 9.97 Å². The Morgan fingerprint density at radius 1 is 1.41 bits per heavy atom. The highest BCUT2D eigenvalue weighted by Gasteiger charge is 2.08. The molecule has 0 aromatic carbocycles. The van der Waals surface area contributed by atoms with E-state index in [0.717, 1.165) is 12.4 Å². The Labute approximate surface area is 101 Å². The van der Waals surface area contributed by atoms with E-state index in [1.807, 2.05) is 19.9 Å². The molecule has 17 heavy (non-hydrogen) atoms. The van der Waals surface area contributed by atoms with Crippen LogP contribution in [0.15, 0.2) is 6.07 Å². The zero-order valence-electron chi connectivity index (χ0n) is 10.5. The Morgan fingerprint density at radius 3 is 2.71 bits per heavy atom. The van der Waals surface area contributed by atoms with Crippen LogP contribution in [0.5, 0.6) is 0 Å². The van der Waals surface area contributed by atoms with Crippen molar-refractivity contribution in [2.45, 2.75) is 19.9 Å². The van der Waals surface area contributed by atoms with Gasteiger partial charge in [0.25, 0.3) is 0 Å². The Morgan fingerprint density at radius 2 is 2.12 bits per heavy atom. The summed E-state index contributed by atoms with van der Waals surface area (Å²) >= 11 is 0. The lowest BCUT2D eigenvalue weighted by Gasteiger charge is -2.16. The Kier molecular flexibility index (Phi) is 5.65. The fourth-order valence-electron chi connectivity index (χ4n) is 1.46. The first-order chi connectivity index (χ1) is 8.19. The molecule has 1 aromatic heterocycles. The predicted octanol–water partition coefficient (Wildman–Crippen LogP) is 0.636. The van der Waals surface area contributed by atoms with Crippen molar-refractivity contribution in [1.29, 1.82) is 0 Å². The second-order valence-electron chi connectivity index (χ2n) is 3.70. The van der Waals surface area contributed by atoms with Crippen LogP contribution in [0, 0.1) is 6.92 Å². The number of nitrogens with one attached hydrogen (secondary N) is 2. The highest BCUT2D eigenvalue weighted by Crippen LogP contribution is 2.11. The number of ether oxygens (including phenoxy) is 1. The SMILES string of the molecule is CCNc1cc(NC(CO)COC)nc(C)n1. The molecule has 1 atom stereocenters. The van der Waals surface area contributed by atoms with Gasteiger partial charge < -0.3 is 20.5 Å². The number of hydrogen-bond acceptors (Lipinski definition) is 6. The number of aryl methyl sites for hydroxylation is 1. The van der Waals surface area contributed by atoms with Crippen LogP contribution < -0.4 is 10.6 Å². The molecule has 0 bridgehead atoms. The zero-order chi connectivity index (χ0) is 12.7. The van der Waals surface area contributed by atoms with Gasteiger partial charge in [-0.3, -0.25) is 0 Å². The summed E-state index contributed by atoms with van der Waals surface area (Å²) in [5, 5.41) is 15.4. The minimum absolute atomic E-state index is 0.00652. The smallest absolute Gasteiger partial charge is 0.132 e. The summed E-state index contributed by atoms with van der Waals surface area (Å²) in [6, 6.07) is 1.65. The third-order valence-electron chi connectivity index (χ3n) is 2.14. The van der Waals surface area contributed by atoms with E-state index < -0.39 is 0 Å². The van der Waals surface area contributed by atoms with Crippen LogP contribution in [-0.4, -0.2) is 48.0 Å². The molecule has 6 nitrogen and oxygen atoms in total. The predicted molar refractivity (Wildman–Crippen MR) is 67.3 cm³/mol. The number of hydrogen-bond donors (Lipinski definition) is 3. The topological polar surface area (TPSA) is 79.3 Å². The van der Waals surface area contributed by atoms with Crippen LogP contribution in [0.3, 0.4) is 0 Å². The van der Waals surface area contributed by atoms with Gasteiger partial charge in [0.2, 0.25) is 0 Å². The molecule has 6 heteroatoms. The second-order valence-corrected chi connectivity index (χ2v) is 3.70. The van der Waals surface area contributed by atoms with Crippen molar-refractivity contribution < 1.29 is 9.84 Å². The van der Waals surface area contributed by atoms with E-state index in [4.69, 9.17) is 9.84 Å². The lowest BCUT2D eigenvalue weighted by Crippen LogP contribution is -2.29. The zero-order valence-corrected chi connectivity index (χ0v) is 10.5. The number of nitrogens with zero attached hydrogens (tertiary/aromatic N) is 2. The molecular weight excluding hydrogens is 220 g/mol. The van der Waals surface area contributed by atoms with Crippen LogP contribution in [0.25, 0.3) is 0 Å². The summed E-state index contributed by atoms with van der Waals surface area (Å²) in [6.07, 6.45) is 0. The van der Waals surface area contributed by atoms with Gasteiger partial charge in [0.1, 0.15) is 17.5 Å². The van der Waals surface area contributed by atoms with Crippen molar-refractivity contribution in [1.82, 2.24) is 9.97 Å². The molecule has 96 valence electrons. The van der Waals surface area contributed by atoms with E-state index >= 15 is 0 Å². The van der Waals surface area contributed by atoms with Gasteiger partial charge in [0.05, 0.1) is 19.3 Å². The second kappa shape index (κ2) is 7.03. The molecule has 0 aliphatic carbocycles. The molecule has 0 spiro atoms. The van der Waals surface area contributed by atoms with Crippen LogP contribution in [0.4, 0.5) is 11.6 Å². The number of aromatic nitrogens is 2. The highest BCUT2D eigenvalue weighted by atomic mass is 16.5. The monoisotopic (exact) mass is 240 g/mol. The first-order valence-corrected chi connectivity index (χ1v) is 5.65. The van der Waals surface area contributed by atoms with Crippen molar-refractivity contribution in [3.63, 3.8) is 0 Å². The summed E-state index contributed by atoms with van der Waals surface area (Å²) < 4.78 is 4.99. The van der Waals surface area contributed by atoms with Crippen LogP contribution >= 0.6 is 0 Å². The molecule has 0 aliphatic rings. The maximum Gasteiger partial charge on any atom is 0.132 e. The molecule has 0 saturated carbocycles. The van der Waals surface area contributed by atoms with Gasteiger partial charge >= 0.3 is 0 Å². The fourth-order valence-corrected chi connectivity index (χ4v) is 1.46. The molecule has 1 rings (SSSR count). The van der Waals surface area contributed by atoms with E-state index in [9.17, 15) is 0 Å². The minimum Gasteiger partial charge on any atom is -0.394 e. The lowest BCUT2D eigenvalue weighted by molar-refractivity contribution is 0.153. The molecule has 0 aliphatic heterocycles. The van der Waals surface area contributed by atoms with E-state index in [2.05, 4.69) is 20.6 Å². The highest BCUT2D eigenvalue weighted by molar-refractivity contribution is 5.48. The van der Waals surface area contributed by atoms with Gasteiger partial charge in [-0.05, 0) is 13.8 Å². The summed E-state index contributed by atoms with van der Waals surface area (Å²) in [5.74, 6) is 2.14. The third kappa shape index (κ3) is 4.54. The van der Waals surface area contributed by atoms with E-state index in [1.54, 1.807) is 7.11 Å². The fraction of sp³-hybridized carbons (Fsp3) is 0.636. The minimum atomic E-state index is -0.163. The van der Waals surface area contributed by atoms with Gasteiger partial charge in [-0.1, -0.05) is 0 Å². The number of aliphatic hydroxyl groups is 1. The first-order valence-electron chi connectivity index (χ1n) is 5.65. The Hall–Kier alpha value is -1.40. The van der Waals surface area contributed by atoms with Crippen molar-refractivity contribution in [3.05, 3.63) is 11.9 Å². The molecule has 0 amide bonds. The standard InChI is InChI=1S/C11H20N4O2/c1-4-12-10-5-11(14-8(2)13-10)15-9(6-16)7-17-3/h5,9,16H,4,6-7H2,1-3H3,(H2,12,13,14,15). The van der Waals surface area contributed by atoms with Crippen LogP contribution in [-0.2, 0) is 4.74 Å². The van der Waals surface area contributed by atoms with Gasteiger partial charge in [-0.15, -0.1) is 0 Å². The van der Waals surface area contributed by atoms with Crippen molar-refractivity contribution >= 4 is 11.6 Å². The third-order valence-corrected chi connectivity index (χ3v) is 2.14. The molecule has 1 aromatic rings. The van der Waals surface area contributed by atoms with Crippen molar-refractivity contribution in [2.75, 3.05) is 37.5 Å². The average molecular weight is 240 g/mol. The lowest BCUT2D eigenvalue weighted by atomic mass is 10.3. The molecule has 3 N–H and O–H groups in total. The summed E-state index contributed by atoms with van der Waals surface area (Å²) in [4.78, 5) is 8.50. The summed E-state index contributed by atoms with van der Waals surface area (Å²) in [5.41, 5.74) is 0. The van der Waals surface area contributed by atoms with Crippen LogP contribution in [0.2, 0.25) is 0 Å². The maximum absolute atomic E-state index is 9.16. The quantitative estimate of drug-likeness (QED) is 0.649. The van der Waals surface area contributed by atoms with Crippen molar-refractivity contribution in [3.8, 4) is 0 Å². The molecule has 1 unspecified atom stereocenters. The Balaban J connectivity index is 2.75. The number of methoxy groups -OCH3 is 1. The van der Waals surface area contributed by atoms with E-state index in [-0.39, 0.29) is 12.6 Å². The normalized spacial score (nSPS) is 12.2. The average Bonchev–Trinajstić information content (AvgIpc) is 2.28. The van der Waals surface area contributed by atoms with Gasteiger partial charge in [-0.2, -0.15) is 0 Å². The van der Waals surface area contributed by atoms with Gasteiger partial charge in [0, 0.05) is 19.7 Å². The number of anilines is 2. The molecule has 1 heterocycles. The van der Waals surface area contributed by atoms with Crippen LogP contribution in [0.1, 0.15) is 12.7 Å². The van der Waals surface area contributed by atoms with Gasteiger partial charge in [0.15, 0.2) is 0 Å².